The molecule has 4 heterocycles. The fourth-order valence-corrected chi connectivity index (χ4v) is 3.96. The maximum atomic E-state index is 12.1. The molecule has 5 rings (SSSR count). The Morgan fingerprint density at radius 2 is 1.93 bits per heavy atom. The number of ketones is 1. The van der Waals surface area contributed by atoms with Gasteiger partial charge in [-0.3, -0.25) is 19.7 Å². The molecule has 0 aromatic carbocycles. The Morgan fingerprint density at radius 3 is 2.75 bits per heavy atom. The van der Waals surface area contributed by atoms with Gasteiger partial charge < -0.3 is 0 Å². The van der Waals surface area contributed by atoms with E-state index in [1.807, 2.05) is 36.8 Å². The first-order chi connectivity index (χ1) is 13.7. The van der Waals surface area contributed by atoms with Crippen molar-refractivity contribution in [2.45, 2.75) is 38.6 Å². The molecule has 1 saturated carbocycles. The minimum Gasteiger partial charge on any atom is -0.299 e. The van der Waals surface area contributed by atoms with E-state index < -0.39 is 0 Å². The van der Waals surface area contributed by atoms with Crippen LogP contribution in [0.3, 0.4) is 0 Å². The van der Waals surface area contributed by atoms with Crippen LogP contribution in [0.25, 0.3) is 22.2 Å². The molecule has 1 saturated heterocycles. The number of pyridine rings is 3. The van der Waals surface area contributed by atoms with Gasteiger partial charge in [0.05, 0.1) is 11.2 Å². The molecule has 0 spiro atoms. The van der Waals surface area contributed by atoms with E-state index in [0.717, 1.165) is 47.2 Å². The number of rotatable bonds is 6. The third-order valence-electron chi connectivity index (χ3n) is 5.71. The highest BCUT2D eigenvalue weighted by Crippen LogP contribution is 2.31. The monoisotopic (exact) mass is 372 g/mol. The maximum absolute atomic E-state index is 12.1. The highest BCUT2D eigenvalue weighted by Gasteiger charge is 2.29. The maximum Gasteiger partial charge on any atom is 0.141 e. The second kappa shape index (κ2) is 7.40. The van der Waals surface area contributed by atoms with Crippen LogP contribution in [0.1, 0.15) is 36.9 Å². The lowest BCUT2D eigenvalue weighted by Crippen LogP contribution is -2.18. The van der Waals surface area contributed by atoms with Gasteiger partial charge in [0, 0.05) is 54.1 Å². The Morgan fingerprint density at radius 1 is 1.07 bits per heavy atom. The van der Waals surface area contributed by atoms with E-state index in [2.05, 4.69) is 20.9 Å². The largest absolute Gasteiger partial charge is 0.299 e. The number of carbonyl (C=O) groups excluding carboxylic acids is 1. The molecular formula is C23H24N4O. The number of hydrogen-bond donors (Lipinski definition) is 0. The van der Waals surface area contributed by atoms with Gasteiger partial charge in [-0.15, -0.1) is 0 Å². The summed E-state index contributed by atoms with van der Waals surface area (Å²) in [5.74, 6) is 0.572. The Bertz CT molecular complexity index is 1020. The number of carbonyl (C=O) groups is 1. The van der Waals surface area contributed by atoms with Crippen LogP contribution in [0.15, 0.2) is 42.9 Å². The van der Waals surface area contributed by atoms with Crippen LogP contribution in [0.5, 0.6) is 0 Å². The molecule has 142 valence electrons. The van der Waals surface area contributed by atoms with Crippen molar-refractivity contribution in [3.8, 4) is 11.3 Å². The minimum atomic E-state index is 0.265. The molecule has 5 heteroatoms. The van der Waals surface area contributed by atoms with E-state index in [9.17, 15) is 4.79 Å². The summed E-state index contributed by atoms with van der Waals surface area (Å²) in [5, 5.41) is 0.993. The standard InChI is InChI=1S/C23H24N4O/c28-23(17-3-4-17)11-20-10-22-18(14-25-20)5-6-21(26-22)19-9-16(12-24-13-19)15-27-7-1-2-8-27/h5-6,9-10,12-14,17H,1-4,7-8,11,15H2. The zero-order valence-electron chi connectivity index (χ0n) is 16.0. The summed E-state index contributed by atoms with van der Waals surface area (Å²) in [5.41, 5.74) is 4.87. The average molecular weight is 372 g/mol. The SMILES string of the molecule is O=C(Cc1cc2nc(-c3cncc(CN4CCCC4)c3)ccc2cn1)C1CC1. The van der Waals surface area contributed by atoms with Crippen molar-refractivity contribution < 1.29 is 4.79 Å². The van der Waals surface area contributed by atoms with Crippen molar-refractivity contribution in [3.05, 3.63) is 54.1 Å². The Kier molecular flexibility index (Phi) is 4.61. The molecule has 3 aromatic heterocycles. The topological polar surface area (TPSA) is 59.0 Å². The summed E-state index contributed by atoms with van der Waals surface area (Å²) in [6.45, 7) is 3.30. The number of hydrogen-bond acceptors (Lipinski definition) is 5. The first-order valence-corrected chi connectivity index (χ1v) is 10.2. The smallest absolute Gasteiger partial charge is 0.141 e. The van der Waals surface area contributed by atoms with Crippen molar-refractivity contribution in [1.82, 2.24) is 19.9 Å². The van der Waals surface area contributed by atoms with Crippen LogP contribution in [0, 0.1) is 5.92 Å². The van der Waals surface area contributed by atoms with Crippen LogP contribution < -0.4 is 0 Å². The average Bonchev–Trinajstić information content (AvgIpc) is 3.45. The summed E-state index contributed by atoms with van der Waals surface area (Å²) in [6, 6.07) is 8.22. The van der Waals surface area contributed by atoms with Crippen molar-refractivity contribution in [3.63, 3.8) is 0 Å². The molecule has 0 N–H and O–H groups in total. The predicted octanol–water partition coefficient (Wildman–Crippen LogP) is 3.81. The van der Waals surface area contributed by atoms with E-state index in [0.29, 0.717) is 12.2 Å². The van der Waals surface area contributed by atoms with Gasteiger partial charge in [0.25, 0.3) is 0 Å². The molecule has 5 nitrogen and oxygen atoms in total. The molecule has 0 bridgehead atoms. The quantitative estimate of drug-likeness (QED) is 0.658. The molecule has 28 heavy (non-hydrogen) atoms. The molecule has 3 aromatic rings. The number of likely N-dealkylation sites (tertiary alicyclic amines) is 1. The van der Waals surface area contributed by atoms with Crippen molar-refractivity contribution >= 4 is 16.7 Å². The van der Waals surface area contributed by atoms with Gasteiger partial charge in [0.15, 0.2) is 0 Å². The first-order valence-electron chi connectivity index (χ1n) is 10.2. The molecular weight excluding hydrogens is 348 g/mol. The molecule has 1 aliphatic carbocycles. The number of nitrogens with zero attached hydrogens (tertiary/aromatic N) is 4. The Balaban J connectivity index is 1.41. The fraction of sp³-hybridized carbons (Fsp3) is 0.391. The predicted molar refractivity (Wildman–Crippen MR) is 109 cm³/mol. The lowest BCUT2D eigenvalue weighted by atomic mass is 10.1. The van der Waals surface area contributed by atoms with Gasteiger partial charge in [0.1, 0.15) is 5.78 Å². The van der Waals surface area contributed by atoms with Crippen molar-refractivity contribution in [1.29, 1.82) is 0 Å². The fourth-order valence-electron chi connectivity index (χ4n) is 3.96. The van der Waals surface area contributed by atoms with Crippen LogP contribution in [0.2, 0.25) is 0 Å². The molecule has 0 unspecified atom stereocenters. The van der Waals surface area contributed by atoms with E-state index in [1.54, 1.807) is 0 Å². The van der Waals surface area contributed by atoms with Gasteiger partial charge >= 0.3 is 0 Å². The van der Waals surface area contributed by atoms with Gasteiger partial charge in [-0.05, 0) is 68.6 Å². The lowest BCUT2D eigenvalue weighted by Gasteiger charge is -2.14. The molecule has 2 aliphatic rings. The number of Topliss-reactive ketones (excluding diaryl/α,β-unsaturated/α-hetero) is 1. The molecule has 2 fully saturated rings. The summed E-state index contributed by atoms with van der Waals surface area (Å²) >= 11 is 0. The van der Waals surface area contributed by atoms with Gasteiger partial charge in [-0.25, -0.2) is 4.98 Å². The van der Waals surface area contributed by atoms with E-state index in [4.69, 9.17) is 4.98 Å². The number of aromatic nitrogens is 3. The third-order valence-corrected chi connectivity index (χ3v) is 5.71. The van der Waals surface area contributed by atoms with Crippen LogP contribution in [-0.4, -0.2) is 38.7 Å². The normalized spacial score (nSPS) is 17.3. The first kappa shape index (κ1) is 17.4. The second-order valence-corrected chi connectivity index (χ2v) is 8.05. The van der Waals surface area contributed by atoms with Crippen molar-refractivity contribution in [2.75, 3.05) is 13.1 Å². The Hall–Kier alpha value is -2.66. The second-order valence-electron chi connectivity index (χ2n) is 8.05. The van der Waals surface area contributed by atoms with Gasteiger partial charge in [0.2, 0.25) is 0 Å². The molecule has 1 aliphatic heterocycles. The third kappa shape index (κ3) is 3.80. The summed E-state index contributed by atoms with van der Waals surface area (Å²) in [7, 11) is 0. The zero-order valence-corrected chi connectivity index (χ0v) is 16.0. The van der Waals surface area contributed by atoms with E-state index >= 15 is 0 Å². The van der Waals surface area contributed by atoms with Crippen LogP contribution in [0.4, 0.5) is 0 Å². The summed E-state index contributed by atoms with van der Waals surface area (Å²) in [4.78, 5) is 28.3. The lowest BCUT2D eigenvalue weighted by molar-refractivity contribution is -0.119. The zero-order chi connectivity index (χ0) is 18.9. The molecule has 0 radical (unpaired) electrons. The minimum absolute atomic E-state index is 0.265. The van der Waals surface area contributed by atoms with Gasteiger partial charge in [-0.1, -0.05) is 0 Å². The number of fused-ring (bicyclic) bond motifs is 1. The van der Waals surface area contributed by atoms with Gasteiger partial charge in [-0.2, -0.15) is 0 Å². The highest BCUT2D eigenvalue weighted by molar-refractivity contribution is 5.86. The van der Waals surface area contributed by atoms with E-state index in [-0.39, 0.29) is 5.92 Å². The molecule has 0 atom stereocenters. The Labute approximate surface area is 164 Å². The van der Waals surface area contributed by atoms with Crippen LogP contribution >= 0.6 is 0 Å². The van der Waals surface area contributed by atoms with E-state index in [1.165, 1.54) is 31.5 Å². The highest BCUT2D eigenvalue weighted by atomic mass is 16.1. The summed E-state index contributed by atoms with van der Waals surface area (Å²) < 4.78 is 0. The summed E-state index contributed by atoms with van der Waals surface area (Å²) in [6.07, 6.45) is 10.7. The van der Waals surface area contributed by atoms with Crippen LogP contribution in [-0.2, 0) is 17.8 Å². The van der Waals surface area contributed by atoms with Crippen molar-refractivity contribution in [2.24, 2.45) is 5.92 Å². The molecule has 0 amide bonds.